The summed E-state index contributed by atoms with van der Waals surface area (Å²) in [5, 5.41) is 10.9. The highest BCUT2D eigenvalue weighted by atomic mass is 31.2. The number of nitrogens with one attached hydrogen (secondary N) is 1. The first-order valence-corrected chi connectivity index (χ1v) is 7.11. The molecule has 0 aliphatic heterocycles. The number of hydrogen-bond donors (Lipinski definition) is 3. The molecule has 17 heavy (non-hydrogen) atoms. The Labute approximate surface area is 100.0 Å². The summed E-state index contributed by atoms with van der Waals surface area (Å²) in [6.07, 6.45) is 0.461. The van der Waals surface area contributed by atoms with Gasteiger partial charge >= 0.3 is 5.97 Å². The number of aryl methyl sites for hydroxylation is 1. The summed E-state index contributed by atoms with van der Waals surface area (Å²) in [5.41, 5.74) is 0.951. The lowest BCUT2D eigenvalue weighted by Crippen LogP contribution is -2.32. The molecule has 0 heterocycles. The predicted octanol–water partition coefficient (Wildman–Crippen LogP) is 1.48. The van der Waals surface area contributed by atoms with E-state index >= 15 is 0 Å². The third-order valence-corrected chi connectivity index (χ3v) is 3.93. The zero-order chi connectivity index (χ0) is 12.9. The summed E-state index contributed by atoms with van der Waals surface area (Å²) < 4.78 is 11.7. The second-order valence-electron chi connectivity index (χ2n) is 3.85. The monoisotopic (exact) mass is 257 g/mol. The van der Waals surface area contributed by atoms with Gasteiger partial charge in [-0.15, -0.1) is 0 Å². The highest BCUT2D eigenvalue weighted by Crippen LogP contribution is 2.36. The maximum absolute atomic E-state index is 11.7. The van der Waals surface area contributed by atoms with Crippen LogP contribution in [0.2, 0.25) is 0 Å². The van der Waals surface area contributed by atoms with E-state index in [1.807, 2.05) is 30.3 Å². The average Bonchev–Trinajstić information content (AvgIpc) is 2.27. The van der Waals surface area contributed by atoms with Crippen LogP contribution in [-0.2, 0) is 15.8 Å². The topological polar surface area (TPSA) is 86.6 Å². The second kappa shape index (κ2) is 5.96. The van der Waals surface area contributed by atoms with Crippen LogP contribution in [0.25, 0.3) is 0 Å². The van der Waals surface area contributed by atoms with Gasteiger partial charge in [-0.2, -0.15) is 0 Å². The van der Waals surface area contributed by atoms with E-state index in [4.69, 9.17) is 5.11 Å². The summed E-state index contributed by atoms with van der Waals surface area (Å²) in [6, 6.07) is 8.27. The number of hydrogen-bond acceptors (Lipinski definition) is 2. The molecule has 5 nitrogen and oxygen atoms in total. The van der Waals surface area contributed by atoms with Crippen LogP contribution in [0.1, 0.15) is 12.5 Å². The molecule has 1 aromatic rings. The molecule has 0 amide bonds. The van der Waals surface area contributed by atoms with Crippen LogP contribution in [0.4, 0.5) is 0 Å². The molecular formula is C11H16NO4P. The third-order valence-electron chi connectivity index (χ3n) is 2.31. The summed E-state index contributed by atoms with van der Waals surface area (Å²) in [5.74, 6) is -1.14. The Kier molecular flexibility index (Phi) is 4.87. The van der Waals surface area contributed by atoms with Crippen molar-refractivity contribution in [2.75, 3.05) is 6.16 Å². The molecular weight excluding hydrogens is 241 g/mol. The van der Waals surface area contributed by atoms with E-state index in [1.165, 1.54) is 6.92 Å². The standard InChI is InChI=1S/C11H16NO4P/c1-9(11(13)14)12-17(15,16)8-7-10-5-3-2-4-6-10/h2-6,9H,7-8H2,1H3,(H,13,14)(H2,12,15,16)/t9-/m1/s1. The first kappa shape index (κ1) is 13.9. The fraction of sp³-hybridized carbons (Fsp3) is 0.364. The lowest BCUT2D eigenvalue weighted by molar-refractivity contribution is -0.138. The van der Waals surface area contributed by atoms with Crippen LogP contribution >= 0.6 is 7.52 Å². The molecule has 0 aromatic heterocycles. The fourth-order valence-electron chi connectivity index (χ4n) is 1.35. The normalized spacial score (nSPS) is 16.1. The fourth-order valence-corrected chi connectivity index (χ4v) is 2.75. The Morgan fingerprint density at radius 3 is 2.53 bits per heavy atom. The predicted molar refractivity (Wildman–Crippen MR) is 65.1 cm³/mol. The number of benzene rings is 1. The molecule has 94 valence electrons. The van der Waals surface area contributed by atoms with Crippen molar-refractivity contribution in [1.82, 2.24) is 5.09 Å². The molecule has 0 aliphatic rings. The van der Waals surface area contributed by atoms with Gasteiger partial charge in [0.2, 0.25) is 0 Å². The maximum Gasteiger partial charge on any atom is 0.320 e. The summed E-state index contributed by atoms with van der Waals surface area (Å²) in [6.45, 7) is 1.34. The molecule has 0 aliphatic carbocycles. The average molecular weight is 257 g/mol. The van der Waals surface area contributed by atoms with Gasteiger partial charge in [-0.05, 0) is 18.9 Å². The summed E-state index contributed by atoms with van der Waals surface area (Å²) in [7, 11) is -3.60. The molecule has 0 saturated carbocycles. The first-order chi connectivity index (χ1) is 7.91. The van der Waals surface area contributed by atoms with E-state index in [2.05, 4.69) is 5.09 Å². The van der Waals surface area contributed by atoms with Gasteiger partial charge in [0, 0.05) is 6.16 Å². The smallest absolute Gasteiger partial charge is 0.320 e. The van der Waals surface area contributed by atoms with Crippen LogP contribution in [0, 0.1) is 0 Å². The van der Waals surface area contributed by atoms with Crippen LogP contribution in [0.5, 0.6) is 0 Å². The van der Waals surface area contributed by atoms with Gasteiger partial charge in [-0.3, -0.25) is 9.36 Å². The van der Waals surface area contributed by atoms with Crippen LogP contribution in [0.3, 0.4) is 0 Å². The van der Waals surface area contributed by atoms with Crippen molar-refractivity contribution < 1.29 is 19.4 Å². The summed E-state index contributed by atoms with van der Waals surface area (Å²) in [4.78, 5) is 20.1. The zero-order valence-electron chi connectivity index (χ0n) is 9.54. The van der Waals surface area contributed by atoms with Gasteiger partial charge in [0.1, 0.15) is 6.04 Å². The van der Waals surface area contributed by atoms with Crippen molar-refractivity contribution in [3.05, 3.63) is 35.9 Å². The minimum atomic E-state index is -3.60. The molecule has 0 spiro atoms. The van der Waals surface area contributed by atoms with Crippen molar-refractivity contribution >= 4 is 13.5 Å². The third kappa shape index (κ3) is 5.13. The number of carboxylic acids is 1. The van der Waals surface area contributed by atoms with Crippen molar-refractivity contribution in [2.45, 2.75) is 19.4 Å². The first-order valence-electron chi connectivity index (χ1n) is 5.27. The Morgan fingerprint density at radius 2 is 2.00 bits per heavy atom. The largest absolute Gasteiger partial charge is 0.480 e. The highest BCUT2D eigenvalue weighted by Gasteiger charge is 2.23. The molecule has 0 bridgehead atoms. The molecule has 0 fully saturated rings. The quantitative estimate of drug-likeness (QED) is 0.672. The van der Waals surface area contributed by atoms with Gasteiger partial charge in [0.05, 0.1) is 0 Å². The molecule has 6 heteroatoms. The van der Waals surface area contributed by atoms with E-state index < -0.39 is 19.5 Å². The van der Waals surface area contributed by atoms with E-state index in [9.17, 15) is 14.3 Å². The van der Waals surface area contributed by atoms with E-state index in [0.717, 1.165) is 5.56 Å². The van der Waals surface area contributed by atoms with Crippen molar-refractivity contribution in [2.24, 2.45) is 0 Å². The SMILES string of the molecule is C[C@@H](NP(=O)(O)CCc1ccccc1)C(=O)O. The summed E-state index contributed by atoms with van der Waals surface area (Å²) >= 11 is 0. The van der Waals surface area contributed by atoms with Gasteiger partial charge in [-0.25, -0.2) is 5.09 Å². The molecule has 0 radical (unpaired) electrons. The zero-order valence-corrected chi connectivity index (χ0v) is 10.4. The molecule has 1 unspecified atom stereocenters. The Bertz CT molecular complexity index is 421. The van der Waals surface area contributed by atoms with Crippen LogP contribution in [0.15, 0.2) is 30.3 Å². The minimum Gasteiger partial charge on any atom is -0.480 e. The Balaban J connectivity index is 2.50. The second-order valence-corrected chi connectivity index (χ2v) is 5.96. The lowest BCUT2D eigenvalue weighted by atomic mass is 10.2. The lowest BCUT2D eigenvalue weighted by Gasteiger charge is -2.16. The van der Waals surface area contributed by atoms with Gasteiger partial charge in [0.25, 0.3) is 7.52 Å². The van der Waals surface area contributed by atoms with Gasteiger partial charge < -0.3 is 10.00 Å². The minimum absolute atomic E-state index is 0.0225. The molecule has 3 N–H and O–H groups in total. The number of aliphatic carboxylic acids is 1. The number of rotatable bonds is 6. The van der Waals surface area contributed by atoms with E-state index in [-0.39, 0.29) is 6.16 Å². The van der Waals surface area contributed by atoms with E-state index in [1.54, 1.807) is 0 Å². The Morgan fingerprint density at radius 1 is 1.41 bits per heavy atom. The molecule has 1 rings (SSSR count). The maximum atomic E-state index is 11.7. The van der Waals surface area contributed by atoms with Crippen molar-refractivity contribution in [3.8, 4) is 0 Å². The van der Waals surface area contributed by atoms with E-state index in [0.29, 0.717) is 6.42 Å². The Hall–Kier alpha value is -1.16. The van der Waals surface area contributed by atoms with Crippen LogP contribution in [-0.4, -0.2) is 28.2 Å². The number of carboxylic acid groups (broad SMARTS) is 1. The molecule has 2 atom stereocenters. The van der Waals surface area contributed by atoms with Crippen LogP contribution < -0.4 is 5.09 Å². The highest BCUT2D eigenvalue weighted by molar-refractivity contribution is 7.55. The molecule has 1 aromatic carbocycles. The molecule has 0 saturated heterocycles. The van der Waals surface area contributed by atoms with Crippen molar-refractivity contribution in [1.29, 1.82) is 0 Å². The van der Waals surface area contributed by atoms with Gasteiger partial charge in [0.15, 0.2) is 0 Å². The number of carbonyl (C=O) groups is 1. The van der Waals surface area contributed by atoms with Gasteiger partial charge in [-0.1, -0.05) is 30.3 Å². The van der Waals surface area contributed by atoms with Crippen molar-refractivity contribution in [3.63, 3.8) is 0 Å².